The summed E-state index contributed by atoms with van der Waals surface area (Å²) < 4.78 is 6.60. The van der Waals surface area contributed by atoms with Crippen LogP contribution in [0.3, 0.4) is 0 Å². The Labute approximate surface area is 158 Å². The summed E-state index contributed by atoms with van der Waals surface area (Å²) in [6.45, 7) is 9.28. The monoisotopic (exact) mass is 410 g/mol. The molecule has 0 radical (unpaired) electrons. The number of carbonyl (C=O) groups excluding carboxylic acids is 2. The molecule has 5 nitrogen and oxygen atoms in total. The number of nitrogens with one attached hydrogen (secondary N) is 1. The molecule has 0 aromatic heterocycles. The van der Waals surface area contributed by atoms with Crippen LogP contribution in [0.1, 0.15) is 50.9 Å². The van der Waals surface area contributed by atoms with Crippen molar-refractivity contribution in [2.75, 3.05) is 13.1 Å². The van der Waals surface area contributed by atoms with Crippen LogP contribution in [0.5, 0.6) is 5.75 Å². The number of carbonyl (C=O) groups is 2. The lowest BCUT2D eigenvalue weighted by Gasteiger charge is -2.27. The molecule has 1 heterocycles. The Bertz CT molecular complexity index is 625. The Hall–Kier alpha value is -1.56. The number of rotatable bonds is 6. The maximum atomic E-state index is 12.8. The van der Waals surface area contributed by atoms with E-state index in [1.54, 1.807) is 18.2 Å². The first kappa shape index (κ1) is 19.8. The SMILES string of the molecule is CC(C)Oc1cc(Br)ccc1C(=O)N[C@H](C(=O)N1CCCC1)C(C)C. The smallest absolute Gasteiger partial charge is 0.255 e. The highest BCUT2D eigenvalue weighted by Crippen LogP contribution is 2.25. The highest BCUT2D eigenvalue weighted by molar-refractivity contribution is 9.10. The molecule has 6 heteroatoms. The highest BCUT2D eigenvalue weighted by atomic mass is 79.9. The Kier molecular flexibility index (Phi) is 6.87. The Morgan fingerprint density at radius 3 is 2.36 bits per heavy atom. The average Bonchev–Trinajstić information content (AvgIpc) is 3.05. The predicted octanol–water partition coefficient (Wildman–Crippen LogP) is 3.61. The van der Waals surface area contributed by atoms with Crippen molar-refractivity contribution in [3.05, 3.63) is 28.2 Å². The van der Waals surface area contributed by atoms with Crippen LogP contribution in [0.15, 0.2) is 22.7 Å². The summed E-state index contributed by atoms with van der Waals surface area (Å²) in [5, 5.41) is 2.92. The summed E-state index contributed by atoms with van der Waals surface area (Å²) in [6.07, 6.45) is 2.01. The number of hydrogen-bond acceptors (Lipinski definition) is 3. The van der Waals surface area contributed by atoms with Gasteiger partial charge in [-0.2, -0.15) is 0 Å². The van der Waals surface area contributed by atoms with E-state index < -0.39 is 6.04 Å². The number of nitrogens with zero attached hydrogens (tertiary/aromatic N) is 1. The minimum atomic E-state index is -0.527. The summed E-state index contributed by atoms with van der Waals surface area (Å²) in [4.78, 5) is 27.4. The molecular formula is C19H27BrN2O3. The van der Waals surface area contributed by atoms with Gasteiger partial charge in [0.25, 0.3) is 5.91 Å². The third kappa shape index (κ3) is 5.21. The molecule has 2 amide bonds. The minimum Gasteiger partial charge on any atom is -0.490 e. The maximum Gasteiger partial charge on any atom is 0.255 e. The van der Waals surface area contributed by atoms with Gasteiger partial charge in [-0.05, 0) is 50.8 Å². The molecule has 0 saturated carbocycles. The zero-order chi connectivity index (χ0) is 18.6. The molecule has 0 spiro atoms. The van der Waals surface area contributed by atoms with Crippen molar-refractivity contribution >= 4 is 27.7 Å². The van der Waals surface area contributed by atoms with Gasteiger partial charge in [0.05, 0.1) is 11.7 Å². The average molecular weight is 411 g/mol. The number of benzene rings is 1. The van der Waals surface area contributed by atoms with Crippen molar-refractivity contribution in [1.29, 1.82) is 0 Å². The van der Waals surface area contributed by atoms with E-state index in [1.807, 2.05) is 32.6 Å². The van der Waals surface area contributed by atoms with Crippen LogP contribution >= 0.6 is 15.9 Å². The summed E-state index contributed by atoms with van der Waals surface area (Å²) in [6, 6.07) is 4.77. The van der Waals surface area contributed by atoms with E-state index >= 15 is 0 Å². The van der Waals surface area contributed by atoms with Crippen molar-refractivity contribution in [2.24, 2.45) is 5.92 Å². The third-order valence-electron chi connectivity index (χ3n) is 4.19. The first-order valence-electron chi connectivity index (χ1n) is 8.85. The van der Waals surface area contributed by atoms with Gasteiger partial charge in [0.1, 0.15) is 11.8 Å². The molecule has 138 valence electrons. The Morgan fingerprint density at radius 2 is 1.80 bits per heavy atom. The van der Waals surface area contributed by atoms with Gasteiger partial charge in [0.15, 0.2) is 0 Å². The van der Waals surface area contributed by atoms with Crippen molar-refractivity contribution in [2.45, 2.75) is 52.7 Å². The van der Waals surface area contributed by atoms with Gasteiger partial charge in [-0.25, -0.2) is 0 Å². The number of ether oxygens (including phenoxy) is 1. The van der Waals surface area contributed by atoms with E-state index in [1.165, 1.54) is 0 Å². The maximum absolute atomic E-state index is 12.8. The van der Waals surface area contributed by atoms with Crippen LogP contribution in [0.2, 0.25) is 0 Å². The van der Waals surface area contributed by atoms with Gasteiger partial charge in [-0.15, -0.1) is 0 Å². The van der Waals surface area contributed by atoms with Crippen molar-refractivity contribution < 1.29 is 14.3 Å². The van der Waals surface area contributed by atoms with E-state index in [0.29, 0.717) is 11.3 Å². The molecule has 0 bridgehead atoms. The molecule has 1 atom stereocenters. The van der Waals surface area contributed by atoms with Crippen molar-refractivity contribution in [3.8, 4) is 5.75 Å². The largest absolute Gasteiger partial charge is 0.490 e. The number of likely N-dealkylation sites (tertiary alicyclic amines) is 1. The van der Waals surface area contributed by atoms with Gasteiger partial charge in [0.2, 0.25) is 5.91 Å². The van der Waals surface area contributed by atoms with Gasteiger partial charge >= 0.3 is 0 Å². The number of halogens is 1. The molecule has 1 saturated heterocycles. The molecule has 1 N–H and O–H groups in total. The molecule has 1 aliphatic rings. The van der Waals surface area contributed by atoms with Gasteiger partial charge in [-0.1, -0.05) is 29.8 Å². The fraction of sp³-hybridized carbons (Fsp3) is 0.579. The van der Waals surface area contributed by atoms with E-state index in [9.17, 15) is 9.59 Å². The summed E-state index contributed by atoms with van der Waals surface area (Å²) in [5.41, 5.74) is 0.441. The Morgan fingerprint density at radius 1 is 1.16 bits per heavy atom. The van der Waals surface area contributed by atoms with Crippen LogP contribution in [0, 0.1) is 5.92 Å². The second kappa shape index (κ2) is 8.70. The standard InChI is InChI=1S/C19H27BrN2O3/c1-12(2)17(19(24)22-9-5-6-10-22)21-18(23)15-8-7-14(20)11-16(15)25-13(3)4/h7-8,11-13,17H,5-6,9-10H2,1-4H3,(H,21,23)/t17-/m0/s1. The topological polar surface area (TPSA) is 58.6 Å². The molecule has 2 rings (SSSR count). The molecule has 1 fully saturated rings. The second-order valence-corrected chi connectivity index (χ2v) is 7.95. The summed E-state index contributed by atoms with van der Waals surface area (Å²) >= 11 is 3.40. The fourth-order valence-corrected chi connectivity index (χ4v) is 3.24. The van der Waals surface area contributed by atoms with Crippen LogP contribution in [-0.4, -0.2) is 41.9 Å². The zero-order valence-corrected chi connectivity index (χ0v) is 16.9. The molecule has 1 aromatic carbocycles. The van der Waals surface area contributed by atoms with Crippen molar-refractivity contribution in [3.63, 3.8) is 0 Å². The second-order valence-electron chi connectivity index (χ2n) is 7.03. The van der Waals surface area contributed by atoms with Crippen LogP contribution in [0.4, 0.5) is 0 Å². The van der Waals surface area contributed by atoms with Gasteiger partial charge in [-0.3, -0.25) is 9.59 Å². The van der Waals surface area contributed by atoms with Crippen LogP contribution in [-0.2, 0) is 4.79 Å². The van der Waals surface area contributed by atoms with Gasteiger partial charge in [0, 0.05) is 17.6 Å². The minimum absolute atomic E-state index is 0.00397. The lowest BCUT2D eigenvalue weighted by molar-refractivity contribution is -0.133. The molecular weight excluding hydrogens is 384 g/mol. The van der Waals surface area contributed by atoms with E-state index in [0.717, 1.165) is 30.4 Å². The lowest BCUT2D eigenvalue weighted by Crippen LogP contribution is -2.50. The molecule has 1 aromatic rings. The van der Waals surface area contributed by atoms with E-state index in [2.05, 4.69) is 21.2 Å². The van der Waals surface area contributed by atoms with Crippen LogP contribution in [0.25, 0.3) is 0 Å². The quantitative estimate of drug-likeness (QED) is 0.778. The molecule has 0 aliphatic carbocycles. The third-order valence-corrected chi connectivity index (χ3v) is 4.68. The highest BCUT2D eigenvalue weighted by Gasteiger charge is 2.31. The molecule has 25 heavy (non-hydrogen) atoms. The summed E-state index contributed by atoms with van der Waals surface area (Å²) in [5.74, 6) is 0.249. The number of hydrogen-bond donors (Lipinski definition) is 1. The van der Waals surface area contributed by atoms with E-state index in [-0.39, 0.29) is 23.8 Å². The van der Waals surface area contributed by atoms with Gasteiger partial charge < -0.3 is 15.0 Å². The summed E-state index contributed by atoms with van der Waals surface area (Å²) in [7, 11) is 0. The van der Waals surface area contributed by atoms with Crippen LogP contribution < -0.4 is 10.1 Å². The molecule has 0 unspecified atom stereocenters. The predicted molar refractivity (Wildman–Crippen MR) is 102 cm³/mol. The first-order chi connectivity index (χ1) is 11.8. The van der Waals surface area contributed by atoms with Crippen molar-refractivity contribution in [1.82, 2.24) is 10.2 Å². The molecule has 1 aliphatic heterocycles. The normalized spacial score (nSPS) is 15.6. The Balaban J connectivity index is 2.19. The number of amides is 2. The lowest BCUT2D eigenvalue weighted by atomic mass is 10.0. The zero-order valence-electron chi connectivity index (χ0n) is 15.3. The van der Waals surface area contributed by atoms with E-state index in [4.69, 9.17) is 4.74 Å². The first-order valence-corrected chi connectivity index (χ1v) is 9.64. The fourth-order valence-electron chi connectivity index (χ4n) is 2.90.